The summed E-state index contributed by atoms with van der Waals surface area (Å²) >= 11 is 0. The number of carbonyl (C=O) groups is 1. The van der Waals surface area contributed by atoms with Crippen LogP contribution in [0.2, 0.25) is 0 Å². The summed E-state index contributed by atoms with van der Waals surface area (Å²) in [6, 6.07) is 11.9. The summed E-state index contributed by atoms with van der Waals surface area (Å²) in [5.41, 5.74) is 0.623. The van der Waals surface area contributed by atoms with Crippen molar-refractivity contribution in [2.75, 3.05) is 39.3 Å². The lowest BCUT2D eigenvalue weighted by Gasteiger charge is -2.31. The molecule has 0 spiro atoms. The fourth-order valence-electron chi connectivity index (χ4n) is 3.21. The molecule has 1 aliphatic rings. The van der Waals surface area contributed by atoms with Crippen molar-refractivity contribution >= 4 is 15.8 Å². The number of piperazine rings is 1. The predicted octanol–water partition coefficient (Wildman–Crippen LogP) is 0.997. The van der Waals surface area contributed by atoms with Gasteiger partial charge in [-0.05, 0) is 55.5 Å². The Labute approximate surface area is 164 Å². The molecule has 28 heavy (non-hydrogen) atoms. The Kier molecular flexibility index (Phi) is 6.43. The molecule has 2 aromatic rings. The first-order valence-corrected chi connectivity index (χ1v) is 10.7. The molecule has 1 aliphatic heterocycles. The molecule has 8 heteroatoms. The van der Waals surface area contributed by atoms with E-state index in [0.717, 1.165) is 22.8 Å². The highest BCUT2D eigenvalue weighted by atomic mass is 32.2. The Hall–Kier alpha value is -2.29. The van der Waals surface area contributed by atoms with E-state index in [0.29, 0.717) is 44.9 Å². The van der Waals surface area contributed by atoms with Crippen LogP contribution in [0.4, 0.5) is 4.39 Å². The standard InChI is InChI=1S/C20H23FN2O4S/c1-2-27-18-7-3-16(4-8-18)20(24)15-22-11-13-23(14-12-22)28(25,26)19-9-5-17(21)6-10-19/h3-10H,2,11-15H2,1H3/p+1. The van der Waals surface area contributed by atoms with Crippen LogP contribution in [-0.2, 0) is 10.0 Å². The Bertz CT molecular complexity index is 906. The van der Waals surface area contributed by atoms with Gasteiger partial charge in [0.25, 0.3) is 0 Å². The number of sulfonamides is 1. The molecule has 0 radical (unpaired) electrons. The first-order valence-electron chi connectivity index (χ1n) is 9.25. The Morgan fingerprint density at radius 1 is 1.07 bits per heavy atom. The van der Waals surface area contributed by atoms with E-state index < -0.39 is 15.8 Å². The molecule has 0 aliphatic carbocycles. The van der Waals surface area contributed by atoms with Crippen LogP contribution in [0.15, 0.2) is 53.4 Å². The molecule has 0 unspecified atom stereocenters. The Morgan fingerprint density at radius 2 is 1.68 bits per heavy atom. The minimum Gasteiger partial charge on any atom is -0.494 e. The molecule has 1 saturated heterocycles. The third-order valence-corrected chi connectivity index (χ3v) is 6.69. The predicted molar refractivity (Wildman–Crippen MR) is 103 cm³/mol. The monoisotopic (exact) mass is 407 g/mol. The first-order chi connectivity index (χ1) is 13.4. The van der Waals surface area contributed by atoms with Crippen molar-refractivity contribution in [3.8, 4) is 5.75 Å². The highest BCUT2D eigenvalue weighted by Crippen LogP contribution is 2.16. The summed E-state index contributed by atoms with van der Waals surface area (Å²) in [5, 5.41) is 0. The van der Waals surface area contributed by atoms with E-state index >= 15 is 0 Å². The van der Waals surface area contributed by atoms with Gasteiger partial charge in [-0.2, -0.15) is 4.31 Å². The zero-order valence-electron chi connectivity index (χ0n) is 15.7. The number of hydrogen-bond donors (Lipinski definition) is 1. The molecule has 1 fully saturated rings. The number of benzene rings is 2. The van der Waals surface area contributed by atoms with E-state index in [1.54, 1.807) is 24.3 Å². The van der Waals surface area contributed by atoms with Crippen molar-refractivity contribution in [3.05, 3.63) is 59.9 Å². The Morgan fingerprint density at radius 3 is 2.25 bits per heavy atom. The molecule has 150 valence electrons. The fraction of sp³-hybridized carbons (Fsp3) is 0.350. The van der Waals surface area contributed by atoms with Gasteiger partial charge in [-0.25, -0.2) is 12.8 Å². The summed E-state index contributed by atoms with van der Waals surface area (Å²) in [4.78, 5) is 13.6. The van der Waals surface area contributed by atoms with Gasteiger partial charge in [0, 0.05) is 5.56 Å². The van der Waals surface area contributed by atoms with Crippen molar-refractivity contribution in [2.24, 2.45) is 0 Å². The smallest absolute Gasteiger partial charge is 0.243 e. The average Bonchev–Trinajstić information content (AvgIpc) is 2.69. The number of carbonyl (C=O) groups excluding carboxylic acids is 1. The highest BCUT2D eigenvalue weighted by Gasteiger charge is 2.31. The molecular formula is C20H24FN2O4S+. The van der Waals surface area contributed by atoms with Crippen molar-refractivity contribution in [2.45, 2.75) is 11.8 Å². The van der Waals surface area contributed by atoms with Crippen LogP contribution in [0.3, 0.4) is 0 Å². The second kappa shape index (κ2) is 8.81. The Balaban J connectivity index is 1.56. The second-order valence-electron chi connectivity index (χ2n) is 6.67. The molecule has 3 rings (SSSR count). The van der Waals surface area contributed by atoms with Crippen LogP contribution in [0.1, 0.15) is 17.3 Å². The van der Waals surface area contributed by atoms with Crippen LogP contribution >= 0.6 is 0 Å². The van der Waals surface area contributed by atoms with Gasteiger partial charge in [0.2, 0.25) is 15.8 Å². The van der Waals surface area contributed by atoms with Crippen LogP contribution in [0, 0.1) is 5.82 Å². The van der Waals surface area contributed by atoms with Gasteiger partial charge in [0.05, 0.1) is 37.7 Å². The average molecular weight is 407 g/mol. The summed E-state index contributed by atoms with van der Waals surface area (Å²) in [6.45, 7) is 4.53. The normalized spacial score (nSPS) is 16.1. The van der Waals surface area contributed by atoms with E-state index in [-0.39, 0.29) is 10.7 Å². The van der Waals surface area contributed by atoms with Crippen LogP contribution < -0.4 is 9.64 Å². The van der Waals surface area contributed by atoms with Gasteiger partial charge in [0.1, 0.15) is 18.1 Å². The van der Waals surface area contributed by atoms with E-state index in [1.165, 1.54) is 16.4 Å². The van der Waals surface area contributed by atoms with Crippen molar-refractivity contribution in [1.29, 1.82) is 0 Å². The van der Waals surface area contributed by atoms with Gasteiger partial charge < -0.3 is 9.64 Å². The van der Waals surface area contributed by atoms with Gasteiger partial charge in [0.15, 0.2) is 0 Å². The van der Waals surface area contributed by atoms with Crippen LogP contribution in [0.5, 0.6) is 5.75 Å². The second-order valence-corrected chi connectivity index (χ2v) is 8.60. The maximum absolute atomic E-state index is 13.0. The van der Waals surface area contributed by atoms with Gasteiger partial charge in [-0.1, -0.05) is 0 Å². The number of quaternary nitrogens is 1. The summed E-state index contributed by atoms with van der Waals surface area (Å²) in [6.07, 6.45) is 0. The number of ether oxygens (including phenoxy) is 1. The number of Topliss-reactive ketones (excluding diaryl/α,β-unsaturated/α-hetero) is 1. The number of nitrogens with one attached hydrogen (secondary N) is 1. The summed E-state index contributed by atoms with van der Waals surface area (Å²) in [5.74, 6) is 0.278. The first kappa shape index (κ1) is 20.4. The third kappa shape index (κ3) is 4.76. The summed E-state index contributed by atoms with van der Waals surface area (Å²) < 4.78 is 45.1. The van der Waals surface area contributed by atoms with E-state index in [1.807, 2.05) is 6.92 Å². The zero-order chi connectivity index (χ0) is 20.1. The lowest BCUT2D eigenvalue weighted by atomic mass is 10.1. The van der Waals surface area contributed by atoms with Crippen molar-refractivity contribution in [3.63, 3.8) is 0 Å². The molecule has 2 aromatic carbocycles. The number of hydrogen-bond acceptors (Lipinski definition) is 4. The molecule has 1 heterocycles. The number of ketones is 1. The largest absolute Gasteiger partial charge is 0.494 e. The van der Waals surface area contributed by atoms with E-state index in [9.17, 15) is 17.6 Å². The molecule has 0 aromatic heterocycles. The minimum atomic E-state index is -3.64. The summed E-state index contributed by atoms with van der Waals surface area (Å²) in [7, 11) is -3.64. The maximum Gasteiger partial charge on any atom is 0.243 e. The number of nitrogens with zero attached hydrogens (tertiary/aromatic N) is 1. The molecule has 0 amide bonds. The zero-order valence-corrected chi connectivity index (χ0v) is 16.5. The van der Waals surface area contributed by atoms with E-state index in [2.05, 4.69) is 0 Å². The third-order valence-electron chi connectivity index (χ3n) is 4.78. The molecular weight excluding hydrogens is 383 g/mol. The quantitative estimate of drug-likeness (QED) is 0.696. The van der Waals surface area contributed by atoms with Gasteiger partial charge >= 0.3 is 0 Å². The fourth-order valence-corrected chi connectivity index (χ4v) is 4.65. The molecule has 0 atom stereocenters. The number of rotatable bonds is 7. The van der Waals surface area contributed by atoms with Crippen LogP contribution in [-0.4, -0.2) is 57.8 Å². The van der Waals surface area contributed by atoms with E-state index in [4.69, 9.17) is 4.74 Å². The maximum atomic E-state index is 13.0. The molecule has 6 nitrogen and oxygen atoms in total. The molecule has 1 N–H and O–H groups in total. The van der Waals surface area contributed by atoms with Crippen molar-refractivity contribution < 1.29 is 27.2 Å². The highest BCUT2D eigenvalue weighted by molar-refractivity contribution is 7.89. The SMILES string of the molecule is CCOc1ccc(C(=O)C[NH+]2CCN(S(=O)(=O)c3ccc(F)cc3)CC2)cc1. The van der Waals surface area contributed by atoms with Gasteiger partial charge in [-0.3, -0.25) is 4.79 Å². The number of halogens is 1. The molecule has 0 bridgehead atoms. The lowest BCUT2D eigenvalue weighted by molar-refractivity contribution is -0.895. The van der Waals surface area contributed by atoms with Crippen LogP contribution in [0.25, 0.3) is 0 Å². The van der Waals surface area contributed by atoms with Gasteiger partial charge in [-0.15, -0.1) is 0 Å². The minimum absolute atomic E-state index is 0.0212. The lowest BCUT2D eigenvalue weighted by Crippen LogP contribution is -3.15. The topological polar surface area (TPSA) is 68.1 Å². The van der Waals surface area contributed by atoms with Crippen molar-refractivity contribution in [1.82, 2.24) is 4.31 Å². The molecule has 0 saturated carbocycles.